The van der Waals surface area contributed by atoms with Crippen LogP contribution in [0, 0.1) is 27.9 Å². The summed E-state index contributed by atoms with van der Waals surface area (Å²) in [6.45, 7) is -3.09. The van der Waals surface area contributed by atoms with Gasteiger partial charge in [0.05, 0.1) is 10.6 Å². The van der Waals surface area contributed by atoms with Crippen molar-refractivity contribution < 1.29 is 23.2 Å². The number of anilines is 1. The molecule has 3 atom stereocenters. The fourth-order valence-electron chi connectivity index (χ4n) is 3.24. The maximum Gasteiger partial charge on any atom is 0.387 e. The molecular weight excluding hydrogens is 310 g/mol. The van der Waals surface area contributed by atoms with Crippen molar-refractivity contribution in [2.24, 2.45) is 17.8 Å². The smallest absolute Gasteiger partial charge is 0.387 e. The normalized spacial score (nSPS) is 24.9. The number of nitrogens with one attached hydrogen (secondary N) is 1. The van der Waals surface area contributed by atoms with Crippen LogP contribution < -0.4 is 10.1 Å². The number of allylic oxidation sites excluding steroid dienone is 2. The second-order valence-electron chi connectivity index (χ2n) is 5.69. The van der Waals surface area contributed by atoms with E-state index in [-0.39, 0.29) is 34.9 Å². The first-order valence-electron chi connectivity index (χ1n) is 7.16. The lowest BCUT2D eigenvalue weighted by molar-refractivity contribution is -0.384. The maximum atomic E-state index is 12.4. The van der Waals surface area contributed by atoms with Gasteiger partial charge in [-0.05, 0) is 30.7 Å². The summed E-state index contributed by atoms with van der Waals surface area (Å²) in [7, 11) is 0. The number of amides is 1. The molecule has 0 radical (unpaired) electrons. The largest absolute Gasteiger partial charge is 0.433 e. The maximum absolute atomic E-state index is 12.4. The van der Waals surface area contributed by atoms with Gasteiger partial charge < -0.3 is 10.1 Å². The molecule has 0 spiro atoms. The molecule has 1 fully saturated rings. The van der Waals surface area contributed by atoms with Gasteiger partial charge in [-0.25, -0.2) is 0 Å². The minimum Gasteiger partial charge on any atom is -0.433 e. The van der Waals surface area contributed by atoms with E-state index < -0.39 is 11.5 Å². The number of nitro groups is 1. The quantitative estimate of drug-likeness (QED) is 0.511. The lowest BCUT2D eigenvalue weighted by Gasteiger charge is -2.18. The van der Waals surface area contributed by atoms with Crippen LogP contribution in [-0.2, 0) is 4.79 Å². The number of fused-ring (bicyclic) bond motifs is 2. The number of hydrogen-bond donors (Lipinski definition) is 1. The number of nitro benzene ring substituents is 1. The Morgan fingerprint density at radius 2 is 2.13 bits per heavy atom. The van der Waals surface area contributed by atoms with Crippen molar-refractivity contribution in [1.82, 2.24) is 0 Å². The van der Waals surface area contributed by atoms with E-state index >= 15 is 0 Å². The van der Waals surface area contributed by atoms with E-state index in [4.69, 9.17) is 0 Å². The molecule has 122 valence electrons. The number of non-ortho nitro benzene ring substituents is 1. The van der Waals surface area contributed by atoms with E-state index in [2.05, 4.69) is 16.1 Å². The van der Waals surface area contributed by atoms with Gasteiger partial charge in [0, 0.05) is 18.1 Å². The Balaban J connectivity index is 1.81. The topological polar surface area (TPSA) is 81.5 Å². The highest BCUT2D eigenvalue weighted by Crippen LogP contribution is 2.44. The Hall–Kier alpha value is -2.51. The molecule has 23 heavy (non-hydrogen) atoms. The molecule has 0 aromatic heterocycles. The highest BCUT2D eigenvalue weighted by molar-refractivity contribution is 5.95. The highest BCUT2D eigenvalue weighted by Gasteiger charge is 2.40. The number of carbonyl (C=O) groups is 1. The van der Waals surface area contributed by atoms with E-state index in [1.807, 2.05) is 6.08 Å². The van der Waals surface area contributed by atoms with Crippen LogP contribution in [0.4, 0.5) is 20.2 Å². The molecule has 0 aliphatic heterocycles. The van der Waals surface area contributed by atoms with Gasteiger partial charge >= 0.3 is 6.61 Å². The van der Waals surface area contributed by atoms with Crippen LogP contribution in [0.25, 0.3) is 0 Å². The van der Waals surface area contributed by atoms with E-state index in [1.54, 1.807) is 0 Å². The Bertz CT molecular complexity index is 677. The van der Waals surface area contributed by atoms with Gasteiger partial charge in [-0.1, -0.05) is 12.2 Å². The molecule has 2 aliphatic carbocycles. The molecule has 1 saturated carbocycles. The number of ether oxygens (including phenoxy) is 1. The molecule has 3 rings (SSSR count). The molecule has 6 nitrogen and oxygen atoms in total. The average molecular weight is 324 g/mol. The Morgan fingerprint density at radius 1 is 1.35 bits per heavy atom. The zero-order valence-electron chi connectivity index (χ0n) is 11.9. The predicted octanol–water partition coefficient (Wildman–Crippen LogP) is 3.35. The summed E-state index contributed by atoms with van der Waals surface area (Å²) in [5, 5.41) is 13.3. The van der Waals surface area contributed by atoms with Gasteiger partial charge in [0.1, 0.15) is 5.75 Å². The van der Waals surface area contributed by atoms with Crippen LogP contribution in [0.1, 0.15) is 12.8 Å². The van der Waals surface area contributed by atoms with E-state index in [9.17, 15) is 23.7 Å². The summed E-state index contributed by atoms with van der Waals surface area (Å²) in [5.74, 6) is -0.362. The van der Waals surface area contributed by atoms with Crippen molar-refractivity contribution in [2.75, 3.05) is 5.32 Å². The molecule has 8 heteroatoms. The molecule has 1 aromatic carbocycles. The van der Waals surface area contributed by atoms with Crippen molar-refractivity contribution in [1.29, 1.82) is 0 Å². The zero-order chi connectivity index (χ0) is 16.6. The lowest BCUT2D eigenvalue weighted by atomic mass is 9.93. The van der Waals surface area contributed by atoms with Crippen LogP contribution in [0.3, 0.4) is 0 Å². The minimum atomic E-state index is -3.09. The number of nitrogens with zero attached hydrogens (tertiary/aromatic N) is 1. The van der Waals surface area contributed by atoms with Crippen molar-refractivity contribution in [2.45, 2.75) is 19.5 Å². The van der Waals surface area contributed by atoms with Crippen LogP contribution in [-0.4, -0.2) is 17.4 Å². The Morgan fingerprint density at radius 3 is 2.70 bits per heavy atom. The van der Waals surface area contributed by atoms with Crippen LogP contribution in [0.15, 0.2) is 30.4 Å². The monoisotopic (exact) mass is 324 g/mol. The third-order valence-electron chi connectivity index (χ3n) is 4.26. The third kappa shape index (κ3) is 3.15. The van der Waals surface area contributed by atoms with Gasteiger partial charge in [0.2, 0.25) is 5.91 Å². The molecular formula is C15H14F2N2O4. The molecule has 2 bridgehead atoms. The molecule has 1 aromatic rings. The summed E-state index contributed by atoms with van der Waals surface area (Å²) in [6, 6.07) is 3.13. The zero-order valence-corrected chi connectivity index (χ0v) is 11.9. The van der Waals surface area contributed by atoms with Gasteiger partial charge in [-0.15, -0.1) is 0 Å². The lowest BCUT2D eigenvalue weighted by Crippen LogP contribution is -2.26. The number of alkyl halides is 2. The van der Waals surface area contributed by atoms with Crippen molar-refractivity contribution >= 4 is 17.3 Å². The molecule has 2 aliphatic rings. The fourth-order valence-corrected chi connectivity index (χ4v) is 3.24. The van der Waals surface area contributed by atoms with Gasteiger partial charge in [0.15, 0.2) is 0 Å². The summed E-state index contributed by atoms with van der Waals surface area (Å²) < 4.78 is 29.2. The molecule has 1 N–H and O–H groups in total. The number of hydrogen-bond acceptors (Lipinski definition) is 4. The summed E-state index contributed by atoms with van der Waals surface area (Å²) in [4.78, 5) is 22.5. The number of halogens is 2. The summed E-state index contributed by atoms with van der Waals surface area (Å²) in [5.41, 5.74) is -0.425. The van der Waals surface area contributed by atoms with Gasteiger partial charge in [0.25, 0.3) is 5.69 Å². The van der Waals surface area contributed by atoms with Gasteiger partial charge in [-0.3, -0.25) is 14.9 Å². The van der Waals surface area contributed by atoms with E-state index in [1.165, 1.54) is 0 Å². The first kappa shape index (κ1) is 15.4. The fraction of sp³-hybridized carbons (Fsp3) is 0.400. The molecule has 0 heterocycles. The number of carbonyl (C=O) groups excluding carboxylic acids is 1. The molecule has 0 unspecified atom stereocenters. The van der Waals surface area contributed by atoms with Crippen molar-refractivity contribution in [3.63, 3.8) is 0 Å². The highest BCUT2D eigenvalue weighted by atomic mass is 19.3. The minimum absolute atomic E-state index is 0.115. The first-order chi connectivity index (χ1) is 10.9. The molecule has 1 amide bonds. The van der Waals surface area contributed by atoms with Crippen LogP contribution >= 0.6 is 0 Å². The van der Waals surface area contributed by atoms with E-state index in [0.717, 1.165) is 24.6 Å². The first-order valence-corrected chi connectivity index (χ1v) is 7.16. The number of rotatable bonds is 5. The van der Waals surface area contributed by atoms with E-state index in [0.29, 0.717) is 12.3 Å². The van der Waals surface area contributed by atoms with Crippen LogP contribution in [0.5, 0.6) is 5.75 Å². The second kappa shape index (κ2) is 5.94. The third-order valence-corrected chi connectivity index (χ3v) is 4.26. The number of benzene rings is 1. The Kier molecular flexibility index (Phi) is 3.97. The second-order valence-corrected chi connectivity index (χ2v) is 5.69. The van der Waals surface area contributed by atoms with Crippen molar-refractivity contribution in [3.05, 3.63) is 40.5 Å². The SMILES string of the molecule is O=C(Nc1cc([N+](=O)[O-])ccc1OC(F)F)[C@H]1C[C@H]2C=C[C@H]1C2. The predicted molar refractivity (Wildman–Crippen MR) is 77.2 cm³/mol. The molecule has 0 saturated heterocycles. The Labute approximate surface area is 130 Å². The standard InChI is InChI=1S/C15H14F2N2O4/c16-15(17)23-13-4-3-10(19(21)22)7-12(13)18-14(20)11-6-8-1-2-9(11)5-8/h1-4,7-9,11,15H,5-6H2,(H,18,20)/t8-,9-,11-/m0/s1. The summed E-state index contributed by atoms with van der Waals surface area (Å²) in [6.07, 6.45) is 5.68. The van der Waals surface area contributed by atoms with Crippen LogP contribution in [0.2, 0.25) is 0 Å². The average Bonchev–Trinajstić information content (AvgIpc) is 3.11. The van der Waals surface area contributed by atoms with Crippen molar-refractivity contribution in [3.8, 4) is 5.75 Å². The van der Waals surface area contributed by atoms with Gasteiger partial charge in [-0.2, -0.15) is 8.78 Å². The summed E-state index contributed by atoms with van der Waals surface area (Å²) >= 11 is 0.